The Bertz CT molecular complexity index is 374. The van der Waals surface area contributed by atoms with Crippen LogP contribution in [-0.4, -0.2) is 0 Å². The molecule has 0 nitrogen and oxygen atoms in total. The molecule has 0 radical (unpaired) electrons. The summed E-state index contributed by atoms with van der Waals surface area (Å²) < 4.78 is 0. The molecule has 1 aliphatic rings. The summed E-state index contributed by atoms with van der Waals surface area (Å²) in [6, 6.07) is 0. The molecule has 0 aromatic carbocycles. The highest BCUT2D eigenvalue weighted by Crippen LogP contribution is 2.44. The molecule has 0 heterocycles. The third-order valence-corrected chi connectivity index (χ3v) is 4.46. The molecule has 0 saturated heterocycles. The molecular weight excluding hydrogens is 240 g/mol. The first kappa shape index (κ1) is 17.5. The third kappa shape index (κ3) is 5.11. The maximum absolute atomic E-state index is 2.49. The van der Waals surface area contributed by atoms with Crippen molar-refractivity contribution >= 4 is 0 Å². The molecule has 0 spiro atoms. The molecule has 0 saturated carbocycles. The van der Waals surface area contributed by atoms with Crippen LogP contribution >= 0.6 is 0 Å². The largest absolute Gasteiger partial charge is 0.0805 e. The monoisotopic (exact) mass is 276 g/mol. The minimum atomic E-state index is 0.280. The van der Waals surface area contributed by atoms with Crippen molar-refractivity contribution in [1.82, 2.24) is 0 Å². The molecule has 2 unspecified atom stereocenters. The van der Waals surface area contributed by atoms with Gasteiger partial charge in [-0.2, -0.15) is 0 Å². The van der Waals surface area contributed by atoms with Crippen LogP contribution in [0.1, 0.15) is 75.2 Å². The second kappa shape index (κ2) is 5.70. The van der Waals surface area contributed by atoms with E-state index in [0.717, 1.165) is 5.92 Å². The first-order valence-electron chi connectivity index (χ1n) is 8.19. The summed E-state index contributed by atoms with van der Waals surface area (Å²) in [5, 5.41) is 0. The standard InChI is InChI=1S/C20H36/c1-18(2,3)14-17(20(7,8)9)15-10-12-16(13-11-15)19(4,5)6/h10,12-13,15,17H,11,14H2,1-9H3. The van der Waals surface area contributed by atoms with Gasteiger partial charge in [0.1, 0.15) is 0 Å². The molecule has 116 valence electrons. The smallest absolute Gasteiger partial charge is 0.0135 e. The summed E-state index contributed by atoms with van der Waals surface area (Å²) in [6.45, 7) is 21.2. The Morgan fingerprint density at radius 3 is 1.85 bits per heavy atom. The highest BCUT2D eigenvalue weighted by molar-refractivity contribution is 5.29. The van der Waals surface area contributed by atoms with E-state index in [-0.39, 0.29) is 5.41 Å². The molecule has 20 heavy (non-hydrogen) atoms. The van der Waals surface area contributed by atoms with E-state index in [1.54, 1.807) is 0 Å². The van der Waals surface area contributed by atoms with Gasteiger partial charge in [0.25, 0.3) is 0 Å². The Kier molecular flexibility index (Phi) is 4.99. The van der Waals surface area contributed by atoms with Gasteiger partial charge in [-0.3, -0.25) is 0 Å². The Morgan fingerprint density at radius 1 is 1.00 bits per heavy atom. The van der Waals surface area contributed by atoms with Crippen LogP contribution in [0, 0.1) is 28.1 Å². The third-order valence-electron chi connectivity index (χ3n) is 4.46. The summed E-state index contributed by atoms with van der Waals surface area (Å²) >= 11 is 0. The van der Waals surface area contributed by atoms with Crippen molar-refractivity contribution in [3.63, 3.8) is 0 Å². The van der Waals surface area contributed by atoms with Crippen LogP contribution < -0.4 is 0 Å². The van der Waals surface area contributed by atoms with Gasteiger partial charge in [0.2, 0.25) is 0 Å². The van der Waals surface area contributed by atoms with Gasteiger partial charge in [0.05, 0.1) is 0 Å². The van der Waals surface area contributed by atoms with E-state index in [2.05, 4.69) is 80.5 Å². The molecule has 2 atom stereocenters. The molecule has 1 rings (SSSR count). The highest BCUT2D eigenvalue weighted by Gasteiger charge is 2.34. The minimum Gasteiger partial charge on any atom is -0.0805 e. The lowest BCUT2D eigenvalue weighted by atomic mass is 9.64. The maximum atomic E-state index is 2.49. The fourth-order valence-electron chi connectivity index (χ4n) is 3.25. The summed E-state index contributed by atoms with van der Waals surface area (Å²) in [5.74, 6) is 1.44. The fraction of sp³-hybridized carbons (Fsp3) is 0.800. The highest BCUT2D eigenvalue weighted by atomic mass is 14.4. The number of hydrogen-bond acceptors (Lipinski definition) is 0. The van der Waals surface area contributed by atoms with Crippen LogP contribution in [0.4, 0.5) is 0 Å². The SMILES string of the molecule is CC(C)(C)CC(C1C=CC(C(C)(C)C)=CC1)C(C)(C)C. The minimum absolute atomic E-state index is 0.280. The summed E-state index contributed by atoms with van der Waals surface area (Å²) in [5.41, 5.74) is 2.55. The van der Waals surface area contributed by atoms with Crippen LogP contribution in [-0.2, 0) is 0 Å². The summed E-state index contributed by atoms with van der Waals surface area (Å²) in [4.78, 5) is 0. The molecule has 0 aromatic heterocycles. The van der Waals surface area contributed by atoms with Gasteiger partial charge in [-0.1, -0.05) is 80.5 Å². The lowest BCUT2D eigenvalue weighted by Gasteiger charge is -2.41. The lowest BCUT2D eigenvalue weighted by Crippen LogP contribution is -2.32. The average molecular weight is 277 g/mol. The second-order valence-electron chi connectivity index (χ2n) is 9.91. The molecular formula is C20H36. The van der Waals surface area contributed by atoms with Gasteiger partial charge < -0.3 is 0 Å². The van der Waals surface area contributed by atoms with E-state index in [9.17, 15) is 0 Å². The van der Waals surface area contributed by atoms with Crippen molar-refractivity contribution < 1.29 is 0 Å². The van der Waals surface area contributed by atoms with Crippen LogP contribution in [0.3, 0.4) is 0 Å². The Labute approximate surface area is 127 Å². The molecule has 0 amide bonds. The van der Waals surface area contributed by atoms with E-state index in [4.69, 9.17) is 0 Å². The van der Waals surface area contributed by atoms with E-state index in [0.29, 0.717) is 16.7 Å². The molecule has 0 aromatic rings. The van der Waals surface area contributed by atoms with Crippen molar-refractivity contribution in [2.24, 2.45) is 28.1 Å². The van der Waals surface area contributed by atoms with Crippen LogP contribution in [0.5, 0.6) is 0 Å². The van der Waals surface area contributed by atoms with Crippen molar-refractivity contribution in [3.05, 3.63) is 23.8 Å². The Balaban J connectivity index is 2.88. The van der Waals surface area contributed by atoms with Crippen molar-refractivity contribution in [3.8, 4) is 0 Å². The van der Waals surface area contributed by atoms with Gasteiger partial charge in [-0.05, 0) is 46.5 Å². The predicted octanol–water partition coefficient (Wildman–Crippen LogP) is 6.63. The van der Waals surface area contributed by atoms with Gasteiger partial charge >= 0.3 is 0 Å². The molecule has 0 aliphatic heterocycles. The second-order valence-corrected chi connectivity index (χ2v) is 9.91. The van der Waals surface area contributed by atoms with E-state index in [1.165, 1.54) is 18.4 Å². The first-order valence-corrected chi connectivity index (χ1v) is 8.19. The van der Waals surface area contributed by atoms with Gasteiger partial charge in [0, 0.05) is 0 Å². The molecule has 0 N–H and O–H groups in total. The fourth-order valence-corrected chi connectivity index (χ4v) is 3.25. The van der Waals surface area contributed by atoms with Crippen LogP contribution in [0.25, 0.3) is 0 Å². The van der Waals surface area contributed by atoms with Crippen LogP contribution in [0.15, 0.2) is 23.8 Å². The average Bonchev–Trinajstić information content (AvgIpc) is 2.22. The van der Waals surface area contributed by atoms with Crippen LogP contribution in [0.2, 0.25) is 0 Å². The zero-order valence-corrected chi connectivity index (χ0v) is 15.3. The van der Waals surface area contributed by atoms with E-state index >= 15 is 0 Å². The molecule has 0 heteroatoms. The predicted molar refractivity (Wildman–Crippen MR) is 91.8 cm³/mol. The van der Waals surface area contributed by atoms with E-state index < -0.39 is 0 Å². The molecule has 1 aliphatic carbocycles. The quantitative estimate of drug-likeness (QED) is 0.530. The Morgan fingerprint density at radius 2 is 1.55 bits per heavy atom. The summed E-state index contributed by atoms with van der Waals surface area (Å²) in [6.07, 6.45) is 9.86. The number of rotatable bonds is 2. The Hall–Kier alpha value is -0.520. The zero-order valence-electron chi connectivity index (χ0n) is 15.3. The van der Waals surface area contributed by atoms with Crippen molar-refractivity contribution in [2.75, 3.05) is 0 Å². The molecule has 0 bridgehead atoms. The molecule has 0 fully saturated rings. The van der Waals surface area contributed by atoms with Gasteiger partial charge in [-0.25, -0.2) is 0 Å². The maximum Gasteiger partial charge on any atom is -0.0135 e. The summed E-state index contributed by atoms with van der Waals surface area (Å²) in [7, 11) is 0. The van der Waals surface area contributed by atoms with Crippen molar-refractivity contribution in [2.45, 2.75) is 75.2 Å². The lowest BCUT2D eigenvalue weighted by molar-refractivity contribution is 0.123. The number of allylic oxidation sites excluding steroid dienone is 4. The topological polar surface area (TPSA) is 0 Å². The van der Waals surface area contributed by atoms with Gasteiger partial charge in [-0.15, -0.1) is 0 Å². The first-order chi connectivity index (χ1) is 8.81. The normalized spacial score (nSPS) is 22.6. The van der Waals surface area contributed by atoms with Crippen molar-refractivity contribution in [1.29, 1.82) is 0 Å². The zero-order chi connectivity index (χ0) is 15.8. The van der Waals surface area contributed by atoms with Gasteiger partial charge in [0.15, 0.2) is 0 Å². The number of hydrogen-bond donors (Lipinski definition) is 0. The van der Waals surface area contributed by atoms with E-state index in [1.807, 2.05) is 0 Å².